The minimum absolute atomic E-state index is 0.194. The van der Waals surface area contributed by atoms with Gasteiger partial charge < -0.3 is 9.64 Å². The van der Waals surface area contributed by atoms with Gasteiger partial charge in [0.05, 0.1) is 17.3 Å². The van der Waals surface area contributed by atoms with Crippen molar-refractivity contribution in [2.75, 3.05) is 25.1 Å². The number of carbonyl (C=O) groups excluding carboxylic acids is 2. The molecule has 1 aliphatic rings. The molecule has 1 aromatic carbocycles. The molecule has 0 aliphatic carbocycles. The minimum Gasteiger partial charge on any atom is -0.449 e. The number of thioether (sulfide) groups is 1. The van der Waals surface area contributed by atoms with Crippen LogP contribution in [0.4, 0.5) is 10.5 Å². The zero-order valence-electron chi connectivity index (χ0n) is 17.0. The molecule has 28 heavy (non-hydrogen) atoms. The Labute approximate surface area is 176 Å². The number of benzene rings is 1. The topological polar surface area (TPSA) is 49.9 Å². The summed E-state index contributed by atoms with van der Waals surface area (Å²) in [4.78, 5) is 29.9. The first-order chi connectivity index (χ1) is 13.3. The third-order valence-electron chi connectivity index (χ3n) is 4.56. The van der Waals surface area contributed by atoms with Crippen molar-refractivity contribution in [1.29, 1.82) is 0 Å². The highest BCUT2D eigenvalue weighted by atomic mass is 35.5. The van der Waals surface area contributed by atoms with Crippen LogP contribution in [0.2, 0.25) is 5.02 Å². The van der Waals surface area contributed by atoms with Crippen LogP contribution in [0.3, 0.4) is 0 Å². The summed E-state index contributed by atoms with van der Waals surface area (Å²) in [7, 11) is 1.58. The Kier molecular flexibility index (Phi) is 8.01. The van der Waals surface area contributed by atoms with E-state index in [0.29, 0.717) is 16.3 Å². The van der Waals surface area contributed by atoms with E-state index < -0.39 is 6.09 Å². The van der Waals surface area contributed by atoms with Crippen LogP contribution >= 0.6 is 23.4 Å². The summed E-state index contributed by atoms with van der Waals surface area (Å²) in [5.74, 6) is -0.194. The van der Waals surface area contributed by atoms with Crippen molar-refractivity contribution in [3.8, 4) is 0 Å². The van der Waals surface area contributed by atoms with Crippen LogP contribution in [-0.2, 0) is 4.74 Å². The van der Waals surface area contributed by atoms with Gasteiger partial charge in [-0.25, -0.2) is 4.79 Å². The summed E-state index contributed by atoms with van der Waals surface area (Å²) in [6, 6.07) is 4.91. The Bertz CT molecular complexity index is 820. The van der Waals surface area contributed by atoms with E-state index in [9.17, 15) is 9.59 Å². The van der Waals surface area contributed by atoms with Gasteiger partial charge in [0.2, 0.25) is 0 Å². The lowest BCUT2D eigenvalue weighted by Crippen LogP contribution is -2.28. The lowest BCUT2D eigenvalue weighted by molar-refractivity contribution is 0.104. The van der Waals surface area contributed by atoms with E-state index >= 15 is 0 Å². The average Bonchev–Trinajstić information content (AvgIpc) is 2.92. The Morgan fingerprint density at radius 2 is 2.00 bits per heavy atom. The van der Waals surface area contributed by atoms with Crippen LogP contribution in [0.25, 0.3) is 0 Å². The van der Waals surface area contributed by atoms with Crippen molar-refractivity contribution >= 4 is 40.9 Å². The summed E-state index contributed by atoms with van der Waals surface area (Å²) in [5, 5.41) is 1.34. The molecule has 0 saturated heterocycles. The molecule has 1 amide bonds. The fourth-order valence-electron chi connectivity index (χ4n) is 2.85. The van der Waals surface area contributed by atoms with Gasteiger partial charge in [0.15, 0.2) is 5.78 Å². The fourth-order valence-corrected chi connectivity index (χ4v) is 4.10. The molecule has 0 spiro atoms. The SMILES string of the molecule is CCCCN1C(=CC(=O)c2cc(Cl)ccc2N(C)C(=O)OCC)SC(C)=C1C. The number of hydrogen-bond donors (Lipinski definition) is 0. The first kappa shape index (κ1) is 22.4. The highest BCUT2D eigenvalue weighted by molar-refractivity contribution is 8.06. The molecular formula is C21H27ClN2O3S. The zero-order valence-corrected chi connectivity index (χ0v) is 18.6. The second kappa shape index (κ2) is 10.0. The van der Waals surface area contributed by atoms with Gasteiger partial charge in [-0.05, 0) is 45.4 Å². The van der Waals surface area contributed by atoms with Gasteiger partial charge in [0.25, 0.3) is 0 Å². The Hall–Kier alpha value is -1.92. The number of amides is 1. The van der Waals surface area contributed by atoms with Gasteiger partial charge in [0, 0.05) is 40.9 Å². The first-order valence-electron chi connectivity index (χ1n) is 9.39. The first-order valence-corrected chi connectivity index (χ1v) is 10.6. The molecule has 2 rings (SSSR count). The van der Waals surface area contributed by atoms with Crippen molar-refractivity contribution < 1.29 is 14.3 Å². The summed E-state index contributed by atoms with van der Waals surface area (Å²) in [5.41, 5.74) is 2.01. The number of ether oxygens (including phenoxy) is 1. The van der Waals surface area contributed by atoms with Gasteiger partial charge in [-0.2, -0.15) is 0 Å². The molecule has 0 radical (unpaired) electrons. The quantitative estimate of drug-likeness (QED) is 0.395. The number of unbranched alkanes of at least 4 members (excludes halogenated alkanes) is 1. The van der Waals surface area contributed by atoms with Crippen LogP contribution in [0.1, 0.15) is 50.9 Å². The molecule has 0 saturated carbocycles. The van der Waals surface area contributed by atoms with Crippen LogP contribution in [-0.4, -0.2) is 37.0 Å². The Morgan fingerprint density at radius 1 is 1.29 bits per heavy atom. The van der Waals surface area contributed by atoms with Gasteiger partial charge in [0.1, 0.15) is 0 Å². The highest BCUT2D eigenvalue weighted by Crippen LogP contribution is 2.41. The van der Waals surface area contributed by atoms with E-state index in [1.54, 1.807) is 50.0 Å². The number of ketones is 1. The van der Waals surface area contributed by atoms with Gasteiger partial charge in [-0.15, -0.1) is 0 Å². The summed E-state index contributed by atoms with van der Waals surface area (Å²) < 4.78 is 5.05. The van der Waals surface area contributed by atoms with Crippen molar-refractivity contribution in [3.63, 3.8) is 0 Å². The lowest BCUT2D eigenvalue weighted by Gasteiger charge is -2.22. The molecule has 5 nitrogen and oxygen atoms in total. The molecule has 1 aromatic rings. The summed E-state index contributed by atoms with van der Waals surface area (Å²) >= 11 is 7.73. The fraction of sp³-hybridized carbons (Fsp3) is 0.429. The monoisotopic (exact) mass is 422 g/mol. The molecule has 0 aromatic heterocycles. The number of carbonyl (C=O) groups is 2. The van der Waals surface area contributed by atoms with Crippen LogP contribution < -0.4 is 4.90 Å². The van der Waals surface area contributed by atoms with E-state index in [0.717, 1.165) is 24.4 Å². The maximum Gasteiger partial charge on any atom is 0.414 e. The number of allylic oxidation sites excluding steroid dienone is 3. The predicted octanol–water partition coefficient (Wildman–Crippen LogP) is 6.06. The van der Waals surface area contributed by atoms with Gasteiger partial charge in [-0.1, -0.05) is 36.7 Å². The zero-order chi connectivity index (χ0) is 20.8. The third kappa shape index (κ3) is 5.11. The van der Waals surface area contributed by atoms with E-state index in [4.69, 9.17) is 16.3 Å². The second-order valence-corrected chi connectivity index (χ2v) is 8.19. The lowest BCUT2D eigenvalue weighted by atomic mass is 10.1. The van der Waals surface area contributed by atoms with Crippen molar-refractivity contribution in [2.24, 2.45) is 0 Å². The Morgan fingerprint density at radius 3 is 2.64 bits per heavy atom. The molecule has 1 heterocycles. The normalized spacial score (nSPS) is 15.4. The maximum atomic E-state index is 13.1. The number of halogens is 1. The molecule has 0 N–H and O–H groups in total. The molecule has 0 bridgehead atoms. The number of hydrogen-bond acceptors (Lipinski definition) is 5. The van der Waals surface area contributed by atoms with Crippen LogP contribution in [0.5, 0.6) is 0 Å². The molecule has 0 unspecified atom stereocenters. The molecule has 0 fully saturated rings. The largest absolute Gasteiger partial charge is 0.449 e. The molecule has 0 atom stereocenters. The van der Waals surface area contributed by atoms with Gasteiger partial charge >= 0.3 is 6.09 Å². The van der Waals surface area contributed by atoms with E-state index in [-0.39, 0.29) is 12.4 Å². The van der Waals surface area contributed by atoms with Crippen molar-refractivity contribution in [1.82, 2.24) is 4.90 Å². The Balaban J connectivity index is 2.37. The van der Waals surface area contributed by atoms with Gasteiger partial charge in [-0.3, -0.25) is 9.69 Å². The minimum atomic E-state index is -0.514. The third-order valence-corrected chi connectivity index (χ3v) is 5.94. The van der Waals surface area contributed by atoms with Crippen molar-refractivity contribution in [3.05, 3.63) is 50.5 Å². The summed E-state index contributed by atoms with van der Waals surface area (Å²) in [6.07, 6.45) is 3.25. The standard InChI is InChI=1S/C21H27ClN2O3S/c1-6-8-11-24-14(3)15(4)28-20(24)13-19(25)17-12-16(22)9-10-18(17)23(5)21(26)27-7-2/h9-10,12-13H,6-8,11H2,1-5H3. The van der Waals surface area contributed by atoms with Crippen molar-refractivity contribution in [2.45, 2.75) is 40.5 Å². The maximum absolute atomic E-state index is 13.1. The van der Waals surface area contributed by atoms with E-state index in [1.165, 1.54) is 15.5 Å². The smallest absolute Gasteiger partial charge is 0.414 e. The molecule has 7 heteroatoms. The van der Waals surface area contributed by atoms with Crippen LogP contribution in [0, 0.1) is 0 Å². The number of nitrogens with zero attached hydrogens (tertiary/aromatic N) is 2. The molecule has 1 aliphatic heterocycles. The predicted molar refractivity (Wildman–Crippen MR) is 117 cm³/mol. The van der Waals surface area contributed by atoms with Crippen LogP contribution in [0.15, 0.2) is 39.9 Å². The highest BCUT2D eigenvalue weighted by Gasteiger charge is 2.25. The second-order valence-electron chi connectivity index (χ2n) is 6.52. The molecular weight excluding hydrogens is 396 g/mol. The number of rotatable bonds is 7. The summed E-state index contributed by atoms with van der Waals surface area (Å²) in [6.45, 7) is 9.15. The average molecular weight is 423 g/mol. The number of anilines is 1. The van der Waals surface area contributed by atoms with E-state index in [1.807, 2.05) is 0 Å². The van der Waals surface area contributed by atoms with E-state index in [2.05, 4.69) is 25.7 Å². The molecule has 152 valence electrons.